The molecule has 1 aromatic heterocycles. The van der Waals surface area contributed by atoms with Crippen molar-refractivity contribution in [2.24, 2.45) is 5.92 Å². The maximum Gasteiger partial charge on any atom is 0.272 e. The highest BCUT2D eigenvalue weighted by Crippen LogP contribution is 2.11. The first-order valence-corrected chi connectivity index (χ1v) is 11.3. The molecule has 0 bridgehead atoms. The van der Waals surface area contributed by atoms with Gasteiger partial charge in [0.2, 0.25) is 11.8 Å². The molecule has 2 heterocycles. The first-order chi connectivity index (χ1) is 14.8. The van der Waals surface area contributed by atoms with Crippen molar-refractivity contribution in [2.75, 3.05) is 18.1 Å². The van der Waals surface area contributed by atoms with Gasteiger partial charge >= 0.3 is 0 Å². The Morgan fingerprint density at radius 2 is 2.10 bits per heavy atom. The Labute approximate surface area is 186 Å². The fourth-order valence-corrected chi connectivity index (χ4v) is 3.77. The van der Waals surface area contributed by atoms with E-state index in [-0.39, 0.29) is 35.5 Å². The molecule has 31 heavy (non-hydrogen) atoms. The lowest BCUT2D eigenvalue weighted by Crippen LogP contribution is -2.54. The number of nitrogens with one attached hydrogen (secondary N) is 4. The molecule has 0 fully saturated rings. The summed E-state index contributed by atoms with van der Waals surface area (Å²) in [7, 11) is 0. The Balaban J connectivity index is 2.08. The second-order valence-electron chi connectivity index (χ2n) is 7.53. The van der Waals surface area contributed by atoms with E-state index in [0.29, 0.717) is 23.7 Å². The lowest BCUT2D eigenvalue weighted by molar-refractivity contribution is -0.124. The maximum atomic E-state index is 13.1. The number of carbonyl (C=O) groups is 3. The molecule has 4 N–H and O–H groups in total. The van der Waals surface area contributed by atoms with Gasteiger partial charge in [-0.05, 0) is 12.8 Å². The highest BCUT2D eigenvalue weighted by Gasteiger charge is 2.28. The van der Waals surface area contributed by atoms with Crippen LogP contribution in [0.25, 0.3) is 0 Å². The average Bonchev–Trinajstić information content (AvgIpc) is 2.74. The quantitative estimate of drug-likeness (QED) is 0.523. The number of hydrogen-bond acceptors (Lipinski definition) is 7. The van der Waals surface area contributed by atoms with E-state index in [1.807, 2.05) is 20.8 Å². The molecule has 1 unspecified atom stereocenters. The summed E-state index contributed by atoms with van der Waals surface area (Å²) < 4.78 is 0. The van der Waals surface area contributed by atoms with Gasteiger partial charge in [0.15, 0.2) is 0 Å². The maximum absolute atomic E-state index is 13.1. The van der Waals surface area contributed by atoms with Crippen LogP contribution >= 0.6 is 11.8 Å². The van der Waals surface area contributed by atoms with Crippen LogP contribution in [0.4, 0.5) is 0 Å². The molecule has 1 aromatic rings. The Bertz CT molecular complexity index is 815. The van der Waals surface area contributed by atoms with Crippen LogP contribution in [0.2, 0.25) is 0 Å². The lowest BCUT2D eigenvalue weighted by Gasteiger charge is -2.28. The van der Waals surface area contributed by atoms with Crippen LogP contribution in [0.3, 0.4) is 0 Å². The second kappa shape index (κ2) is 12.1. The number of carbonyl (C=O) groups excluding carboxylic acids is 3. The fraction of sp³-hybridized carbons (Fsp3) is 0.476. The van der Waals surface area contributed by atoms with E-state index in [2.05, 4.69) is 37.8 Å². The van der Waals surface area contributed by atoms with Crippen LogP contribution in [0, 0.1) is 5.92 Å². The Morgan fingerprint density at radius 3 is 2.77 bits per heavy atom. The summed E-state index contributed by atoms with van der Waals surface area (Å²) in [6, 6.07) is -1.23. The topological polar surface area (TPSA) is 125 Å². The van der Waals surface area contributed by atoms with E-state index < -0.39 is 11.9 Å². The summed E-state index contributed by atoms with van der Waals surface area (Å²) in [6.07, 6.45) is 7.49. The van der Waals surface area contributed by atoms with Gasteiger partial charge in [-0.1, -0.05) is 26.5 Å². The van der Waals surface area contributed by atoms with Gasteiger partial charge in [-0.15, -0.1) is 0 Å². The highest BCUT2D eigenvalue weighted by molar-refractivity contribution is 7.99. The van der Waals surface area contributed by atoms with Crippen molar-refractivity contribution < 1.29 is 14.4 Å². The monoisotopic (exact) mass is 446 g/mol. The predicted molar refractivity (Wildman–Crippen MR) is 121 cm³/mol. The zero-order chi connectivity index (χ0) is 22.8. The van der Waals surface area contributed by atoms with Crippen molar-refractivity contribution in [3.8, 4) is 0 Å². The van der Waals surface area contributed by atoms with E-state index in [1.54, 1.807) is 17.8 Å². The number of thioether (sulfide) groups is 1. The van der Waals surface area contributed by atoms with Gasteiger partial charge in [0.1, 0.15) is 11.7 Å². The average molecular weight is 447 g/mol. The lowest BCUT2D eigenvalue weighted by atomic mass is 10.0. The molecule has 168 valence electrons. The number of hydrogen-bond donors (Lipinski definition) is 4. The van der Waals surface area contributed by atoms with Crippen molar-refractivity contribution in [3.63, 3.8) is 0 Å². The third-order valence-electron chi connectivity index (χ3n) is 4.55. The van der Waals surface area contributed by atoms with Gasteiger partial charge in [-0.2, -0.15) is 11.8 Å². The van der Waals surface area contributed by atoms with Crippen molar-refractivity contribution in [2.45, 2.75) is 38.9 Å². The van der Waals surface area contributed by atoms with E-state index in [9.17, 15) is 14.4 Å². The molecule has 0 saturated heterocycles. The standard InChI is InChI=1S/C21H30N6O3S/c1-13(2)19(27-20(29)16-11-22-7-8-23-16)21(30)26-17-12-31-10-9-24-18(28)6-5-14(3)25-15(17)4/h5-8,11,13-14,17,19,25H,4,9-10,12H2,1-3H3,(H,24,28)(H,26,30)(H,27,29)/b6-5+/t14-,17-,19?/m0/s1. The Hall–Kier alpha value is -2.88. The summed E-state index contributed by atoms with van der Waals surface area (Å²) in [5.74, 6) is 0.242. The molecule has 10 heteroatoms. The molecule has 1 aliphatic heterocycles. The number of nitrogens with zero attached hydrogens (tertiary/aromatic N) is 2. The summed E-state index contributed by atoms with van der Waals surface area (Å²) in [6.45, 7) is 10.2. The highest BCUT2D eigenvalue weighted by atomic mass is 32.2. The molecule has 2 rings (SSSR count). The summed E-state index contributed by atoms with van der Waals surface area (Å²) in [4.78, 5) is 45.1. The first kappa shape index (κ1) is 24.4. The van der Waals surface area contributed by atoms with Gasteiger partial charge in [-0.25, -0.2) is 4.98 Å². The minimum absolute atomic E-state index is 0.135. The largest absolute Gasteiger partial charge is 0.381 e. The Morgan fingerprint density at radius 1 is 1.32 bits per heavy atom. The minimum Gasteiger partial charge on any atom is -0.381 e. The third-order valence-corrected chi connectivity index (χ3v) is 5.61. The molecule has 3 atom stereocenters. The minimum atomic E-state index is -0.745. The number of amides is 3. The normalized spacial score (nSPS) is 22.2. The molecule has 0 radical (unpaired) electrons. The summed E-state index contributed by atoms with van der Waals surface area (Å²) in [5.41, 5.74) is 0.790. The molecule has 3 amide bonds. The first-order valence-electron chi connectivity index (χ1n) is 10.1. The van der Waals surface area contributed by atoms with Gasteiger partial charge in [0.25, 0.3) is 5.91 Å². The van der Waals surface area contributed by atoms with Gasteiger partial charge in [-0.3, -0.25) is 19.4 Å². The van der Waals surface area contributed by atoms with Gasteiger partial charge in [0, 0.05) is 48.3 Å². The molecule has 0 aliphatic carbocycles. The van der Waals surface area contributed by atoms with Crippen molar-refractivity contribution in [1.29, 1.82) is 0 Å². The van der Waals surface area contributed by atoms with Gasteiger partial charge in [0.05, 0.1) is 12.2 Å². The zero-order valence-electron chi connectivity index (χ0n) is 18.1. The van der Waals surface area contributed by atoms with Crippen LogP contribution < -0.4 is 21.3 Å². The molecule has 9 nitrogen and oxygen atoms in total. The molecule has 0 aromatic carbocycles. The molecule has 1 aliphatic rings. The van der Waals surface area contributed by atoms with Crippen molar-refractivity contribution in [1.82, 2.24) is 31.2 Å². The van der Waals surface area contributed by atoms with Crippen molar-refractivity contribution in [3.05, 3.63) is 48.7 Å². The third kappa shape index (κ3) is 8.05. The smallest absolute Gasteiger partial charge is 0.272 e. The SMILES string of the molecule is C=C1N[C@@H](C)/C=C/C(=O)NCCSC[C@@H]1NC(=O)C(NC(=O)c1cnccn1)C(C)C. The van der Waals surface area contributed by atoms with E-state index in [1.165, 1.54) is 24.7 Å². The molecule has 0 saturated carbocycles. The molecular weight excluding hydrogens is 416 g/mol. The second-order valence-corrected chi connectivity index (χ2v) is 8.68. The van der Waals surface area contributed by atoms with Crippen LogP contribution in [0.5, 0.6) is 0 Å². The van der Waals surface area contributed by atoms with E-state index in [4.69, 9.17) is 0 Å². The summed E-state index contributed by atoms with van der Waals surface area (Å²) in [5, 5.41) is 11.8. The van der Waals surface area contributed by atoms with Crippen molar-refractivity contribution >= 4 is 29.5 Å². The van der Waals surface area contributed by atoms with Crippen LogP contribution in [0.1, 0.15) is 31.3 Å². The fourth-order valence-electron chi connectivity index (χ4n) is 2.84. The van der Waals surface area contributed by atoms with Crippen LogP contribution in [-0.2, 0) is 9.59 Å². The van der Waals surface area contributed by atoms with Crippen LogP contribution in [-0.4, -0.2) is 63.9 Å². The zero-order valence-corrected chi connectivity index (χ0v) is 18.9. The number of aromatic nitrogens is 2. The summed E-state index contributed by atoms with van der Waals surface area (Å²) >= 11 is 1.60. The number of rotatable bonds is 5. The van der Waals surface area contributed by atoms with E-state index >= 15 is 0 Å². The van der Waals surface area contributed by atoms with Crippen LogP contribution in [0.15, 0.2) is 43.0 Å². The van der Waals surface area contributed by atoms with E-state index in [0.717, 1.165) is 0 Å². The molecule has 0 spiro atoms. The van der Waals surface area contributed by atoms with Gasteiger partial charge < -0.3 is 21.3 Å². The predicted octanol–water partition coefficient (Wildman–Crippen LogP) is 0.627. The Kier molecular flexibility index (Phi) is 9.51. The molecular formula is C21H30N6O3S.